The number of ether oxygens (including phenoxy) is 2. The van der Waals surface area contributed by atoms with Gasteiger partial charge in [-0.2, -0.15) is 0 Å². The maximum Gasteiger partial charge on any atom is 0.407 e. The fraction of sp³-hybridized carbons (Fsp3) is 0.296. The van der Waals surface area contributed by atoms with E-state index in [1.807, 2.05) is 18.2 Å². The first-order valence-corrected chi connectivity index (χ1v) is 11.4. The minimum Gasteiger partial charge on any atom is -0.465 e. The van der Waals surface area contributed by atoms with E-state index in [9.17, 15) is 14.4 Å². The Kier molecular flexibility index (Phi) is 8.72. The third kappa shape index (κ3) is 8.19. The zero-order chi connectivity index (χ0) is 26.1. The minimum absolute atomic E-state index is 0.0276. The van der Waals surface area contributed by atoms with Gasteiger partial charge in [0.05, 0.1) is 24.9 Å². The molecule has 0 saturated carbocycles. The molecule has 9 nitrogen and oxygen atoms in total. The van der Waals surface area contributed by atoms with Gasteiger partial charge in [-0.3, -0.25) is 4.79 Å². The van der Waals surface area contributed by atoms with Crippen molar-refractivity contribution in [1.82, 2.24) is 15.3 Å². The summed E-state index contributed by atoms with van der Waals surface area (Å²) >= 11 is 0. The Balaban J connectivity index is 1.56. The molecule has 36 heavy (non-hydrogen) atoms. The van der Waals surface area contributed by atoms with Gasteiger partial charge in [0.2, 0.25) is 0 Å². The highest BCUT2D eigenvalue weighted by molar-refractivity contribution is 5.97. The number of carbonyl (C=O) groups excluding carboxylic acids is 3. The molecule has 3 rings (SSSR count). The van der Waals surface area contributed by atoms with Gasteiger partial charge >= 0.3 is 12.1 Å². The molecule has 0 bridgehead atoms. The number of nitrogens with one attached hydrogen (secondary N) is 2. The van der Waals surface area contributed by atoms with E-state index in [1.165, 1.54) is 13.4 Å². The second-order valence-corrected chi connectivity index (χ2v) is 9.09. The van der Waals surface area contributed by atoms with Gasteiger partial charge < -0.3 is 20.1 Å². The van der Waals surface area contributed by atoms with Crippen molar-refractivity contribution < 1.29 is 23.9 Å². The molecule has 0 spiro atoms. The van der Waals surface area contributed by atoms with Crippen LogP contribution in [0.1, 0.15) is 58.3 Å². The van der Waals surface area contributed by atoms with Crippen molar-refractivity contribution in [3.05, 3.63) is 88.9 Å². The van der Waals surface area contributed by atoms with Gasteiger partial charge in [-0.25, -0.2) is 19.6 Å². The van der Waals surface area contributed by atoms with Crippen LogP contribution >= 0.6 is 0 Å². The molecule has 2 aromatic carbocycles. The molecule has 9 heteroatoms. The van der Waals surface area contributed by atoms with Gasteiger partial charge in [0, 0.05) is 24.6 Å². The van der Waals surface area contributed by atoms with Crippen molar-refractivity contribution in [3.63, 3.8) is 0 Å². The molecule has 1 aromatic heterocycles. The fourth-order valence-corrected chi connectivity index (χ4v) is 3.28. The Hall–Kier alpha value is -4.27. The number of alkyl carbamates (subject to hydrolysis) is 1. The Morgan fingerprint density at radius 2 is 1.64 bits per heavy atom. The lowest BCUT2D eigenvalue weighted by atomic mass is 10.0. The highest BCUT2D eigenvalue weighted by Gasteiger charge is 2.16. The summed E-state index contributed by atoms with van der Waals surface area (Å²) < 4.78 is 9.92. The molecule has 0 aliphatic carbocycles. The number of Topliss-reactive ketones (excluding diaryl/α,β-unsaturated/α-hetero) is 1. The average Bonchev–Trinajstić information content (AvgIpc) is 2.85. The number of carbonyl (C=O) groups is 3. The Morgan fingerprint density at radius 1 is 0.889 bits per heavy atom. The van der Waals surface area contributed by atoms with Gasteiger partial charge in [0.15, 0.2) is 5.78 Å². The number of benzene rings is 2. The molecular weight excluding hydrogens is 460 g/mol. The molecule has 3 aromatic rings. The first-order chi connectivity index (χ1) is 17.1. The van der Waals surface area contributed by atoms with Crippen LogP contribution in [0.25, 0.3) is 0 Å². The van der Waals surface area contributed by atoms with E-state index in [-0.39, 0.29) is 18.7 Å². The maximum absolute atomic E-state index is 12.8. The quantitative estimate of drug-likeness (QED) is 0.336. The minimum atomic E-state index is -0.576. The molecule has 0 aliphatic rings. The highest BCUT2D eigenvalue weighted by Crippen LogP contribution is 2.14. The zero-order valence-corrected chi connectivity index (χ0v) is 20.8. The smallest absolute Gasteiger partial charge is 0.407 e. The van der Waals surface area contributed by atoms with E-state index in [0.29, 0.717) is 29.2 Å². The predicted octanol–water partition coefficient (Wildman–Crippen LogP) is 4.33. The third-order valence-corrected chi connectivity index (χ3v) is 5.00. The summed E-state index contributed by atoms with van der Waals surface area (Å²) in [6.45, 7) is 6.05. The maximum atomic E-state index is 12.8. The number of nitrogens with zero attached hydrogens (tertiary/aromatic N) is 2. The normalized spacial score (nSPS) is 10.9. The summed E-state index contributed by atoms with van der Waals surface area (Å²) in [6.07, 6.45) is 1.12. The summed E-state index contributed by atoms with van der Waals surface area (Å²) in [4.78, 5) is 44.6. The van der Waals surface area contributed by atoms with E-state index >= 15 is 0 Å². The van der Waals surface area contributed by atoms with Gasteiger partial charge in [0.1, 0.15) is 17.7 Å². The van der Waals surface area contributed by atoms with E-state index < -0.39 is 17.7 Å². The number of rotatable bonds is 9. The molecule has 0 unspecified atom stereocenters. The standard InChI is InChI=1S/C27H30N4O5/c1-27(2,3)36-26(34)29-16-22-14-24(31-17-30-22)28-15-19-6-5-7-21(12-19)23(32)13-18-8-10-20(11-9-18)25(33)35-4/h5-12,14,17H,13,15-16H2,1-4H3,(H,29,34)(H,28,30,31). The average molecular weight is 491 g/mol. The van der Waals surface area contributed by atoms with Crippen molar-refractivity contribution in [2.75, 3.05) is 12.4 Å². The molecule has 0 saturated heterocycles. The molecule has 1 amide bonds. The number of aromatic nitrogens is 2. The molecule has 0 atom stereocenters. The van der Waals surface area contributed by atoms with Crippen LogP contribution in [0.2, 0.25) is 0 Å². The predicted molar refractivity (Wildman–Crippen MR) is 135 cm³/mol. The molecule has 0 radical (unpaired) electrons. The zero-order valence-electron chi connectivity index (χ0n) is 20.8. The van der Waals surface area contributed by atoms with E-state index in [4.69, 9.17) is 9.47 Å². The Morgan fingerprint density at radius 3 is 2.33 bits per heavy atom. The molecular formula is C27H30N4O5. The summed E-state index contributed by atoms with van der Waals surface area (Å²) in [5.41, 5.74) is 2.80. The van der Waals surface area contributed by atoms with Crippen LogP contribution in [-0.2, 0) is 29.0 Å². The number of hydrogen-bond acceptors (Lipinski definition) is 8. The van der Waals surface area contributed by atoms with Crippen molar-refractivity contribution in [2.45, 2.75) is 45.9 Å². The van der Waals surface area contributed by atoms with Crippen LogP contribution in [0.5, 0.6) is 0 Å². The Labute approximate surface area is 210 Å². The van der Waals surface area contributed by atoms with Crippen LogP contribution in [-0.4, -0.2) is 40.5 Å². The number of esters is 1. The number of anilines is 1. The van der Waals surface area contributed by atoms with Crippen LogP contribution < -0.4 is 10.6 Å². The molecule has 188 valence electrons. The van der Waals surface area contributed by atoms with Gasteiger partial charge in [-0.15, -0.1) is 0 Å². The van der Waals surface area contributed by atoms with Crippen molar-refractivity contribution in [1.29, 1.82) is 0 Å². The molecule has 0 aliphatic heterocycles. The van der Waals surface area contributed by atoms with Crippen molar-refractivity contribution in [2.24, 2.45) is 0 Å². The van der Waals surface area contributed by atoms with Gasteiger partial charge in [-0.1, -0.05) is 30.3 Å². The summed E-state index contributed by atoms with van der Waals surface area (Å²) in [5.74, 6) is 0.150. The van der Waals surface area contributed by atoms with Gasteiger partial charge in [0.25, 0.3) is 0 Å². The number of ketones is 1. The summed E-state index contributed by atoms with van der Waals surface area (Å²) in [5, 5.41) is 5.88. The van der Waals surface area contributed by atoms with E-state index in [2.05, 4.69) is 20.6 Å². The van der Waals surface area contributed by atoms with Crippen LogP contribution in [0.4, 0.5) is 10.6 Å². The Bertz CT molecular complexity index is 1220. The van der Waals surface area contributed by atoms with Crippen LogP contribution in [0, 0.1) is 0 Å². The third-order valence-electron chi connectivity index (χ3n) is 5.00. The van der Waals surface area contributed by atoms with Gasteiger partial charge in [-0.05, 0) is 50.1 Å². The largest absolute Gasteiger partial charge is 0.465 e. The first kappa shape index (κ1) is 26.3. The second-order valence-electron chi connectivity index (χ2n) is 9.09. The SMILES string of the molecule is COC(=O)c1ccc(CC(=O)c2cccc(CNc3cc(CNC(=O)OC(C)(C)C)ncn3)c2)cc1. The number of amides is 1. The van der Waals surface area contributed by atoms with E-state index in [1.54, 1.807) is 57.2 Å². The van der Waals surface area contributed by atoms with Crippen molar-refractivity contribution in [3.8, 4) is 0 Å². The fourth-order valence-electron chi connectivity index (χ4n) is 3.28. The number of methoxy groups -OCH3 is 1. The van der Waals surface area contributed by atoms with Crippen LogP contribution in [0.3, 0.4) is 0 Å². The van der Waals surface area contributed by atoms with Crippen molar-refractivity contribution >= 4 is 23.7 Å². The highest BCUT2D eigenvalue weighted by atomic mass is 16.6. The summed E-state index contributed by atoms with van der Waals surface area (Å²) in [6, 6.07) is 15.9. The van der Waals surface area contributed by atoms with Crippen LogP contribution in [0.15, 0.2) is 60.9 Å². The first-order valence-electron chi connectivity index (χ1n) is 11.4. The van der Waals surface area contributed by atoms with E-state index in [0.717, 1.165) is 11.1 Å². The lowest BCUT2D eigenvalue weighted by molar-refractivity contribution is 0.0521. The topological polar surface area (TPSA) is 120 Å². The number of hydrogen-bond donors (Lipinski definition) is 2. The molecule has 2 N–H and O–H groups in total. The lowest BCUT2D eigenvalue weighted by Gasteiger charge is -2.19. The second kappa shape index (κ2) is 11.9. The molecule has 0 fully saturated rings. The summed E-state index contributed by atoms with van der Waals surface area (Å²) in [7, 11) is 1.33. The lowest BCUT2D eigenvalue weighted by Crippen LogP contribution is -2.32. The molecule has 1 heterocycles. The monoisotopic (exact) mass is 490 g/mol.